The molecule has 0 N–H and O–H groups in total. The summed E-state index contributed by atoms with van der Waals surface area (Å²) < 4.78 is -0.0343. The van der Waals surface area contributed by atoms with E-state index in [9.17, 15) is 0 Å². The molecular weight excluding hydrogens is 268 g/mol. The predicted octanol–water partition coefficient (Wildman–Crippen LogP) is 5.16. The molecule has 0 nitrogen and oxygen atoms in total. The molecule has 1 aliphatic heterocycles. The van der Waals surface area contributed by atoms with Gasteiger partial charge in [-0.05, 0) is 17.5 Å². The Kier molecular flexibility index (Phi) is 5.48. The van der Waals surface area contributed by atoms with Gasteiger partial charge in [0.2, 0.25) is 0 Å². The first-order valence-electron chi connectivity index (χ1n) is 6.81. The Morgan fingerprint density at radius 2 is 1.95 bits per heavy atom. The van der Waals surface area contributed by atoms with Gasteiger partial charge in [-0.3, -0.25) is 0 Å². The number of benzene rings is 1. The molecule has 1 heterocycles. The largest absolute Gasteiger partial charge is 0.147 e. The molecule has 2 heteroatoms. The summed E-state index contributed by atoms with van der Waals surface area (Å²) in [5.74, 6) is 9.30. The first kappa shape index (κ1) is 14.6. The van der Waals surface area contributed by atoms with E-state index in [0.29, 0.717) is 0 Å². The second kappa shape index (κ2) is 7.12. The lowest BCUT2D eigenvalue weighted by Gasteiger charge is -2.21. The highest BCUT2D eigenvalue weighted by molar-refractivity contribution is 8.20. The van der Waals surface area contributed by atoms with Crippen LogP contribution in [0, 0.1) is 11.8 Å². The third-order valence-electron chi connectivity index (χ3n) is 3.13. The first-order valence-corrected chi connectivity index (χ1v) is 8.79. The summed E-state index contributed by atoms with van der Waals surface area (Å²) in [6, 6.07) is 8.68. The van der Waals surface area contributed by atoms with Gasteiger partial charge in [0.05, 0.1) is 0 Å². The predicted molar refractivity (Wildman–Crippen MR) is 90.4 cm³/mol. The van der Waals surface area contributed by atoms with Gasteiger partial charge in [0.1, 0.15) is 4.08 Å². The number of rotatable bonds is 4. The molecule has 0 aromatic heterocycles. The summed E-state index contributed by atoms with van der Waals surface area (Å²) in [5, 5.41) is 0. The molecule has 2 rings (SSSR count). The molecule has 0 radical (unpaired) electrons. The van der Waals surface area contributed by atoms with Crippen LogP contribution in [0.3, 0.4) is 0 Å². The quantitative estimate of drug-likeness (QED) is 0.554. The molecule has 1 fully saturated rings. The van der Waals surface area contributed by atoms with Gasteiger partial charge < -0.3 is 0 Å². The molecule has 1 aliphatic rings. The zero-order valence-corrected chi connectivity index (χ0v) is 13.1. The van der Waals surface area contributed by atoms with Gasteiger partial charge in [-0.1, -0.05) is 56.2 Å². The fourth-order valence-electron chi connectivity index (χ4n) is 2.01. The second-order valence-electron chi connectivity index (χ2n) is 4.54. The number of hydrogen-bond acceptors (Lipinski definition) is 2. The van der Waals surface area contributed by atoms with Gasteiger partial charge in [0, 0.05) is 17.9 Å². The van der Waals surface area contributed by atoms with Gasteiger partial charge in [-0.2, -0.15) is 0 Å². The van der Waals surface area contributed by atoms with E-state index in [1.807, 2.05) is 29.6 Å². The van der Waals surface area contributed by atoms with Crippen LogP contribution in [0.15, 0.2) is 30.8 Å². The number of unbranched alkanes of at least 4 members (excludes halogenated alkanes) is 2. The van der Waals surface area contributed by atoms with Crippen LogP contribution in [0.4, 0.5) is 0 Å². The van der Waals surface area contributed by atoms with Crippen molar-refractivity contribution in [2.75, 3.05) is 11.5 Å². The van der Waals surface area contributed by atoms with Crippen LogP contribution in [-0.4, -0.2) is 11.5 Å². The maximum atomic E-state index is 3.81. The normalized spacial score (nSPS) is 16.7. The molecule has 0 amide bonds. The van der Waals surface area contributed by atoms with Crippen molar-refractivity contribution in [2.24, 2.45) is 0 Å². The van der Waals surface area contributed by atoms with Crippen molar-refractivity contribution in [2.45, 2.75) is 30.3 Å². The van der Waals surface area contributed by atoms with Crippen LogP contribution in [0.1, 0.15) is 37.3 Å². The molecule has 0 unspecified atom stereocenters. The van der Waals surface area contributed by atoms with Gasteiger partial charge in [-0.25, -0.2) is 0 Å². The highest BCUT2D eigenvalue weighted by Gasteiger charge is 2.35. The molecule has 0 atom stereocenters. The lowest BCUT2D eigenvalue weighted by Crippen LogP contribution is -2.11. The smallest absolute Gasteiger partial charge is 0.126 e. The van der Waals surface area contributed by atoms with Crippen LogP contribution >= 0.6 is 23.5 Å². The van der Waals surface area contributed by atoms with E-state index in [1.165, 1.54) is 35.5 Å². The SMILES string of the molecule is C=Cc1ccc(C2(C#CCCCC)SCCS2)cc1. The van der Waals surface area contributed by atoms with Crippen LogP contribution in [-0.2, 0) is 4.08 Å². The molecule has 0 aliphatic carbocycles. The van der Waals surface area contributed by atoms with E-state index in [4.69, 9.17) is 0 Å². The summed E-state index contributed by atoms with van der Waals surface area (Å²) in [5.41, 5.74) is 2.50. The summed E-state index contributed by atoms with van der Waals surface area (Å²) >= 11 is 3.96. The Bertz CT molecular complexity index is 470. The summed E-state index contributed by atoms with van der Waals surface area (Å²) in [6.45, 7) is 6.02. The Balaban J connectivity index is 2.21. The van der Waals surface area contributed by atoms with E-state index < -0.39 is 0 Å². The Morgan fingerprint density at radius 3 is 2.53 bits per heavy atom. The van der Waals surface area contributed by atoms with Crippen molar-refractivity contribution in [3.05, 3.63) is 42.0 Å². The maximum absolute atomic E-state index is 3.81. The minimum Gasteiger partial charge on any atom is -0.126 e. The second-order valence-corrected chi connectivity index (χ2v) is 7.42. The summed E-state index contributed by atoms with van der Waals surface area (Å²) in [6.07, 6.45) is 5.33. The molecule has 0 saturated carbocycles. The van der Waals surface area contributed by atoms with E-state index in [-0.39, 0.29) is 4.08 Å². The van der Waals surface area contributed by atoms with E-state index in [0.717, 1.165) is 6.42 Å². The summed E-state index contributed by atoms with van der Waals surface area (Å²) in [4.78, 5) is 0. The van der Waals surface area contributed by atoms with Crippen molar-refractivity contribution in [1.29, 1.82) is 0 Å². The molecule has 1 aromatic rings. The zero-order chi connectivity index (χ0) is 13.6. The maximum Gasteiger partial charge on any atom is 0.147 e. The van der Waals surface area contributed by atoms with Crippen LogP contribution in [0.25, 0.3) is 6.08 Å². The van der Waals surface area contributed by atoms with Crippen molar-refractivity contribution in [3.63, 3.8) is 0 Å². The lowest BCUT2D eigenvalue weighted by atomic mass is 10.1. The zero-order valence-electron chi connectivity index (χ0n) is 11.4. The summed E-state index contributed by atoms with van der Waals surface area (Å²) in [7, 11) is 0. The van der Waals surface area contributed by atoms with Crippen LogP contribution in [0.5, 0.6) is 0 Å². The van der Waals surface area contributed by atoms with E-state index in [1.54, 1.807) is 0 Å². The topological polar surface area (TPSA) is 0 Å². The lowest BCUT2D eigenvalue weighted by molar-refractivity contribution is 0.827. The van der Waals surface area contributed by atoms with Gasteiger partial charge in [-0.15, -0.1) is 29.4 Å². The average Bonchev–Trinajstić information content (AvgIpc) is 2.94. The van der Waals surface area contributed by atoms with Crippen molar-refractivity contribution < 1.29 is 0 Å². The first-order chi connectivity index (χ1) is 9.30. The van der Waals surface area contributed by atoms with Crippen molar-refractivity contribution in [3.8, 4) is 11.8 Å². The molecule has 19 heavy (non-hydrogen) atoms. The van der Waals surface area contributed by atoms with Gasteiger partial charge in [0.25, 0.3) is 0 Å². The Morgan fingerprint density at radius 1 is 1.26 bits per heavy atom. The molecule has 0 spiro atoms. The number of hydrogen-bond donors (Lipinski definition) is 0. The van der Waals surface area contributed by atoms with Crippen molar-refractivity contribution >= 4 is 29.6 Å². The molecule has 1 aromatic carbocycles. The average molecular weight is 288 g/mol. The van der Waals surface area contributed by atoms with Crippen LogP contribution < -0.4 is 0 Å². The highest BCUT2D eigenvalue weighted by Crippen LogP contribution is 2.51. The fraction of sp³-hybridized carbons (Fsp3) is 0.412. The minimum atomic E-state index is -0.0343. The number of thioether (sulfide) groups is 2. The fourth-order valence-corrected chi connectivity index (χ4v) is 4.98. The Labute approximate surface area is 125 Å². The van der Waals surface area contributed by atoms with E-state index >= 15 is 0 Å². The Hall–Kier alpha value is -0.780. The van der Waals surface area contributed by atoms with Gasteiger partial charge in [0.15, 0.2) is 0 Å². The van der Waals surface area contributed by atoms with Gasteiger partial charge >= 0.3 is 0 Å². The van der Waals surface area contributed by atoms with E-state index in [2.05, 4.69) is 49.6 Å². The van der Waals surface area contributed by atoms with Crippen LogP contribution in [0.2, 0.25) is 0 Å². The third kappa shape index (κ3) is 3.61. The standard InChI is InChI=1S/C17H20S2/c1-3-5-6-7-12-17(18-13-14-19-17)16-10-8-15(4-2)9-11-16/h4,8-11H,2-3,5-6,13-14H2,1H3. The van der Waals surface area contributed by atoms with Crippen molar-refractivity contribution in [1.82, 2.24) is 0 Å². The minimum absolute atomic E-state index is 0.0343. The molecule has 1 saturated heterocycles. The highest BCUT2D eigenvalue weighted by atomic mass is 32.2. The monoisotopic (exact) mass is 288 g/mol. The molecular formula is C17H20S2. The molecule has 100 valence electrons. The molecule has 0 bridgehead atoms. The third-order valence-corrected chi connectivity index (χ3v) is 6.40.